The summed E-state index contributed by atoms with van der Waals surface area (Å²) in [7, 11) is 1.58. The predicted octanol–water partition coefficient (Wildman–Crippen LogP) is -0.201. The molecule has 0 unspecified atom stereocenters. The Bertz CT molecular complexity index is 279. The van der Waals surface area contributed by atoms with E-state index in [0.717, 1.165) is 0 Å². The predicted molar refractivity (Wildman–Crippen MR) is 45.7 cm³/mol. The third kappa shape index (κ3) is 2.00. The Morgan fingerprint density at radius 3 is 2.62 bits per heavy atom. The first-order valence-corrected chi connectivity index (χ1v) is 3.99. The highest BCUT2D eigenvalue weighted by Gasteiger charge is 2.49. The van der Waals surface area contributed by atoms with Crippen LogP contribution in [-0.2, 0) is 9.59 Å². The first kappa shape index (κ1) is 9.59. The zero-order valence-corrected chi connectivity index (χ0v) is 7.36. The zero-order chi connectivity index (χ0) is 10.0. The van der Waals surface area contributed by atoms with Crippen LogP contribution >= 0.6 is 0 Å². The number of carbonyl (C=O) groups is 2. The lowest BCUT2D eigenvalue weighted by molar-refractivity contribution is -0.141. The zero-order valence-electron chi connectivity index (χ0n) is 7.36. The van der Waals surface area contributed by atoms with Crippen LogP contribution in [0.5, 0.6) is 0 Å². The number of aliphatic carboxylic acids is 1. The number of hydrogen-bond acceptors (Lipinski definition) is 2. The summed E-state index contributed by atoms with van der Waals surface area (Å²) in [4.78, 5) is 23.2. The second-order valence-corrected chi connectivity index (χ2v) is 3.19. The Balaban J connectivity index is 2.44. The molecule has 1 fully saturated rings. The Morgan fingerprint density at radius 2 is 2.23 bits per heavy atom. The van der Waals surface area contributed by atoms with Crippen LogP contribution in [0.3, 0.4) is 0 Å². The van der Waals surface area contributed by atoms with E-state index >= 15 is 0 Å². The molecule has 0 aromatic carbocycles. The van der Waals surface area contributed by atoms with Crippen molar-refractivity contribution in [1.82, 2.24) is 4.90 Å². The van der Waals surface area contributed by atoms with Crippen molar-refractivity contribution in [2.45, 2.75) is 6.42 Å². The van der Waals surface area contributed by atoms with Gasteiger partial charge in [0.2, 0.25) is 5.91 Å². The van der Waals surface area contributed by atoms with E-state index in [0.29, 0.717) is 6.42 Å². The van der Waals surface area contributed by atoms with Gasteiger partial charge in [-0.3, -0.25) is 9.59 Å². The third-order valence-corrected chi connectivity index (χ3v) is 2.13. The van der Waals surface area contributed by atoms with Crippen molar-refractivity contribution in [3.63, 3.8) is 0 Å². The molecule has 0 aromatic rings. The van der Waals surface area contributed by atoms with Crippen molar-refractivity contribution in [2.75, 3.05) is 13.6 Å². The van der Waals surface area contributed by atoms with Gasteiger partial charge in [-0.25, -0.2) is 0 Å². The van der Waals surface area contributed by atoms with Crippen LogP contribution < -0.4 is 0 Å². The van der Waals surface area contributed by atoms with Crippen molar-refractivity contribution in [3.05, 3.63) is 0 Å². The number of nitrogens with zero attached hydrogens (tertiary/aromatic N) is 1. The second-order valence-electron chi connectivity index (χ2n) is 3.19. The van der Waals surface area contributed by atoms with Gasteiger partial charge in [0.25, 0.3) is 0 Å². The van der Waals surface area contributed by atoms with Crippen molar-refractivity contribution in [1.29, 1.82) is 0 Å². The first-order chi connectivity index (χ1) is 6.07. The van der Waals surface area contributed by atoms with Crippen LogP contribution in [0.15, 0.2) is 0 Å². The summed E-state index contributed by atoms with van der Waals surface area (Å²) in [5, 5.41) is 8.57. The van der Waals surface area contributed by atoms with E-state index in [9.17, 15) is 9.59 Å². The van der Waals surface area contributed by atoms with Crippen LogP contribution in [0.4, 0.5) is 0 Å². The van der Waals surface area contributed by atoms with Gasteiger partial charge in [0, 0.05) is 7.05 Å². The van der Waals surface area contributed by atoms with Gasteiger partial charge < -0.3 is 10.0 Å². The van der Waals surface area contributed by atoms with Crippen LogP contribution in [0.2, 0.25) is 0 Å². The maximum Gasteiger partial charge on any atom is 0.307 e. The van der Waals surface area contributed by atoms with Gasteiger partial charge in [0.05, 0.1) is 18.4 Å². The van der Waals surface area contributed by atoms with Crippen molar-refractivity contribution in [3.8, 4) is 12.3 Å². The molecule has 0 bridgehead atoms. The number of rotatable bonds is 3. The Morgan fingerprint density at radius 1 is 1.62 bits per heavy atom. The summed E-state index contributed by atoms with van der Waals surface area (Å²) >= 11 is 0. The largest absolute Gasteiger partial charge is 0.481 e. The Labute approximate surface area is 76.5 Å². The number of terminal acetylenes is 1. The van der Waals surface area contributed by atoms with E-state index in [1.54, 1.807) is 7.05 Å². The van der Waals surface area contributed by atoms with Crippen molar-refractivity contribution in [2.24, 2.45) is 11.8 Å². The fourth-order valence-electron chi connectivity index (χ4n) is 1.24. The Kier molecular flexibility index (Phi) is 2.57. The molecule has 1 rings (SSSR count). The normalized spacial score (nSPS) is 24.6. The SMILES string of the molecule is C#CCN(C)C(=O)[C@@H]1C[C@@H]1C(=O)O. The summed E-state index contributed by atoms with van der Waals surface area (Å²) < 4.78 is 0. The lowest BCUT2D eigenvalue weighted by Crippen LogP contribution is -2.29. The van der Waals surface area contributed by atoms with Gasteiger partial charge in [0.15, 0.2) is 0 Å². The molecule has 1 N–H and O–H groups in total. The van der Waals surface area contributed by atoms with Crippen LogP contribution in [0.25, 0.3) is 0 Å². The molecule has 0 spiro atoms. The van der Waals surface area contributed by atoms with Crippen molar-refractivity contribution >= 4 is 11.9 Å². The average molecular weight is 181 g/mol. The molecule has 70 valence electrons. The van der Waals surface area contributed by atoms with E-state index in [1.807, 2.05) is 0 Å². The van der Waals surface area contributed by atoms with E-state index in [1.165, 1.54) is 4.90 Å². The smallest absolute Gasteiger partial charge is 0.307 e. The summed E-state index contributed by atoms with van der Waals surface area (Å²) in [5.74, 6) is 0.431. The van der Waals surface area contributed by atoms with Crippen LogP contribution in [0, 0.1) is 24.2 Å². The van der Waals surface area contributed by atoms with E-state index in [2.05, 4.69) is 5.92 Å². The minimum atomic E-state index is -0.896. The fourth-order valence-corrected chi connectivity index (χ4v) is 1.24. The number of amides is 1. The molecule has 0 heterocycles. The minimum absolute atomic E-state index is 0.162. The van der Waals surface area contributed by atoms with Crippen LogP contribution in [0.1, 0.15) is 6.42 Å². The molecule has 1 amide bonds. The van der Waals surface area contributed by atoms with Crippen LogP contribution in [-0.4, -0.2) is 35.5 Å². The highest BCUT2D eigenvalue weighted by atomic mass is 16.4. The van der Waals surface area contributed by atoms with E-state index in [4.69, 9.17) is 11.5 Å². The quantitative estimate of drug-likeness (QED) is 0.613. The highest BCUT2D eigenvalue weighted by Crippen LogP contribution is 2.39. The number of carboxylic acid groups (broad SMARTS) is 1. The monoisotopic (exact) mass is 181 g/mol. The molecule has 1 saturated carbocycles. The molecule has 0 radical (unpaired) electrons. The number of hydrogen-bond donors (Lipinski definition) is 1. The molecule has 1 aliphatic carbocycles. The van der Waals surface area contributed by atoms with Gasteiger partial charge in [-0.05, 0) is 6.42 Å². The molecular weight excluding hydrogens is 170 g/mol. The average Bonchev–Trinajstić information content (AvgIpc) is 2.82. The second kappa shape index (κ2) is 3.48. The maximum atomic E-state index is 11.4. The standard InChI is InChI=1S/C9H11NO3/c1-3-4-10(2)8(11)6-5-7(6)9(12)13/h1,6-7H,4-5H2,2H3,(H,12,13)/t6-,7+/m1/s1. The van der Waals surface area contributed by atoms with Gasteiger partial charge in [-0.1, -0.05) is 5.92 Å². The molecule has 0 aliphatic heterocycles. The molecule has 2 atom stereocenters. The molecular formula is C9H11NO3. The summed E-state index contributed by atoms with van der Waals surface area (Å²) in [6.07, 6.45) is 5.47. The number of carboxylic acids is 1. The van der Waals surface area contributed by atoms with E-state index in [-0.39, 0.29) is 18.4 Å². The lowest BCUT2D eigenvalue weighted by Gasteiger charge is -2.12. The molecule has 4 nitrogen and oxygen atoms in total. The molecule has 1 aliphatic rings. The topological polar surface area (TPSA) is 57.6 Å². The molecule has 0 saturated heterocycles. The van der Waals surface area contributed by atoms with Gasteiger partial charge in [-0.15, -0.1) is 6.42 Å². The van der Waals surface area contributed by atoms with Gasteiger partial charge in [0.1, 0.15) is 0 Å². The Hall–Kier alpha value is -1.50. The molecule has 0 aromatic heterocycles. The molecule has 4 heteroatoms. The van der Waals surface area contributed by atoms with Crippen molar-refractivity contribution < 1.29 is 14.7 Å². The minimum Gasteiger partial charge on any atom is -0.481 e. The summed E-state index contributed by atoms with van der Waals surface area (Å²) in [5.41, 5.74) is 0. The first-order valence-electron chi connectivity index (χ1n) is 3.99. The fraction of sp³-hybridized carbons (Fsp3) is 0.556. The summed E-state index contributed by atoms with van der Waals surface area (Å²) in [6, 6.07) is 0. The molecule has 13 heavy (non-hydrogen) atoms. The van der Waals surface area contributed by atoms with Gasteiger partial charge in [-0.2, -0.15) is 0 Å². The highest BCUT2D eigenvalue weighted by molar-refractivity contribution is 5.89. The van der Waals surface area contributed by atoms with E-state index < -0.39 is 11.9 Å². The van der Waals surface area contributed by atoms with Gasteiger partial charge >= 0.3 is 5.97 Å². The lowest BCUT2D eigenvalue weighted by atomic mass is 10.3. The summed E-state index contributed by atoms with van der Waals surface area (Å²) in [6.45, 7) is 0.238. The maximum absolute atomic E-state index is 11.4. The number of carbonyl (C=O) groups excluding carboxylic acids is 1. The third-order valence-electron chi connectivity index (χ3n) is 2.13.